The molecular formula is C23H26Cl3N3O5. The van der Waals surface area contributed by atoms with Gasteiger partial charge in [0.25, 0.3) is 5.91 Å². The van der Waals surface area contributed by atoms with E-state index in [0.717, 1.165) is 5.56 Å². The molecule has 0 radical (unpaired) electrons. The third-order valence-electron chi connectivity index (χ3n) is 4.90. The highest BCUT2D eigenvalue weighted by molar-refractivity contribution is 6.45. The summed E-state index contributed by atoms with van der Waals surface area (Å²) in [6, 6.07) is 7.32. The standard InChI is InChI=1S/C23H26Cl3N3O5/c24-15-11-16(25)22(20(21(15)26)23(33)29-12-19(28)32)34-9-3-1-2-4-18(31)17(27)10-13-5-7-14(30)8-6-13/h5-8,11,17,30H,1-4,9-10,12,27H2,(H2,28,32)(H,29,33). The first kappa shape index (κ1) is 27.7. The van der Waals surface area contributed by atoms with Crippen molar-refractivity contribution < 1.29 is 24.2 Å². The number of carbonyl (C=O) groups is 3. The second kappa shape index (κ2) is 13.4. The SMILES string of the molecule is NC(=O)CNC(=O)c1c(Cl)c(Cl)cc(Cl)c1OCCCCCC(=O)C(N)Cc1ccc(O)cc1. The fourth-order valence-corrected chi connectivity index (χ4v) is 3.86. The number of ketones is 1. The van der Waals surface area contributed by atoms with E-state index in [0.29, 0.717) is 32.1 Å². The first-order valence-electron chi connectivity index (χ1n) is 10.5. The Morgan fingerprint density at radius 1 is 1.03 bits per heavy atom. The lowest BCUT2D eigenvalue weighted by atomic mass is 9.99. The predicted molar refractivity (Wildman–Crippen MR) is 132 cm³/mol. The number of rotatable bonds is 13. The summed E-state index contributed by atoms with van der Waals surface area (Å²) in [5.41, 5.74) is 11.8. The van der Waals surface area contributed by atoms with Crippen molar-refractivity contribution in [1.82, 2.24) is 5.32 Å². The van der Waals surface area contributed by atoms with E-state index in [1.165, 1.54) is 6.07 Å². The first-order chi connectivity index (χ1) is 16.1. The number of ether oxygens (including phenoxy) is 1. The number of hydrogen-bond acceptors (Lipinski definition) is 6. The molecule has 0 aromatic heterocycles. The smallest absolute Gasteiger partial charge is 0.257 e. The first-order valence-corrected chi connectivity index (χ1v) is 11.7. The van der Waals surface area contributed by atoms with Crippen LogP contribution in [0.2, 0.25) is 15.1 Å². The van der Waals surface area contributed by atoms with E-state index in [2.05, 4.69) is 5.32 Å². The molecule has 2 aromatic rings. The van der Waals surface area contributed by atoms with Gasteiger partial charge in [-0.05, 0) is 49.4 Å². The summed E-state index contributed by atoms with van der Waals surface area (Å²) in [4.78, 5) is 35.7. The van der Waals surface area contributed by atoms with E-state index in [-0.39, 0.29) is 51.1 Å². The average molecular weight is 531 g/mol. The lowest BCUT2D eigenvalue weighted by molar-refractivity contribution is -0.120. The van der Waals surface area contributed by atoms with E-state index >= 15 is 0 Å². The van der Waals surface area contributed by atoms with Crippen molar-refractivity contribution >= 4 is 52.4 Å². The summed E-state index contributed by atoms with van der Waals surface area (Å²) >= 11 is 18.4. The number of unbranched alkanes of at least 4 members (excludes halogenated alkanes) is 2. The van der Waals surface area contributed by atoms with Crippen molar-refractivity contribution in [3.63, 3.8) is 0 Å². The molecule has 0 aliphatic rings. The molecule has 0 aliphatic heterocycles. The van der Waals surface area contributed by atoms with Gasteiger partial charge in [-0.25, -0.2) is 0 Å². The number of phenols is 1. The van der Waals surface area contributed by atoms with Crippen LogP contribution < -0.4 is 21.5 Å². The summed E-state index contributed by atoms with van der Waals surface area (Å²) in [5.74, 6) is -1.26. The second-order valence-electron chi connectivity index (χ2n) is 7.61. The number of halogens is 3. The monoisotopic (exact) mass is 529 g/mol. The summed E-state index contributed by atoms with van der Waals surface area (Å²) < 4.78 is 5.69. The molecule has 0 saturated carbocycles. The Kier molecular flexibility index (Phi) is 10.9. The topological polar surface area (TPSA) is 145 Å². The molecule has 2 aromatic carbocycles. The van der Waals surface area contributed by atoms with Gasteiger partial charge in [0.05, 0.1) is 34.3 Å². The fourth-order valence-electron chi connectivity index (χ4n) is 3.12. The lowest BCUT2D eigenvalue weighted by Gasteiger charge is -2.15. The van der Waals surface area contributed by atoms with Crippen molar-refractivity contribution in [2.45, 2.75) is 38.1 Å². The highest BCUT2D eigenvalue weighted by Gasteiger charge is 2.23. The minimum atomic E-state index is -0.725. The number of amides is 2. The van der Waals surface area contributed by atoms with Gasteiger partial charge in [-0.3, -0.25) is 14.4 Å². The molecule has 0 aliphatic carbocycles. The van der Waals surface area contributed by atoms with Gasteiger partial charge < -0.3 is 26.6 Å². The summed E-state index contributed by atoms with van der Waals surface area (Å²) in [6.45, 7) is -0.177. The van der Waals surface area contributed by atoms with Crippen LogP contribution in [-0.2, 0) is 16.0 Å². The Bertz CT molecular complexity index is 1030. The van der Waals surface area contributed by atoms with E-state index in [9.17, 15) is 19.5 Å². The number of carbonyl (C=O) groups excluding carboxylic acids is 3. The van der Waals surface area contributed by atoms with E-state index < -0.39 is 17.9 Å². The Labute approximate surface area is 212 Å². The zero-order valence-electron chi connectivity index (χ0n) is 18.3. The van der Waals surface area contributed by atoms with Crippen molar-refractivity contribution in [2.24, 2.45) is 11.5 Å². The maximum atomic E-state index is 12.5. The van der Waals surface area contributed by atoms with Crippen molar-refractivity contribution in [1.29, 1.82) is 0 Å². The molecule has 0 heterocycles. The quantitative estimate of drug-likeness (QED) is 0.230. The third kappa shape index (κ3) is 8.36. The number of phenolic OH excluding ortho intramolecular Hbond substituents is 1. The zero-order chi connectivity index (χ0) is 25.3. The normalized spacial score (nSPS) is 11.6. The van der Waals surface area contributed by atoms with E-state index in [1.807, 2.05) is 0 Å². The average Bonchev–Trinajstić information content (AvgIpc) is 2.78. The molecule has 1 unspecified atom stereocenters. The van der Waals surface area contributed by atoms with Crippen molar-refractivity contribution in [3.05, 3.63) is 56.5 Å². The van der Waals surface area contributed by atoms with Gasteiger partial charge in [-0.1, -0.05) is 46.9 Å². The zero-order valence-corrected chi connectivity index (χ0v) is 20.6. The predicted octanol–water partition coefficient (Wildman–Crippen LogP) is 3.65. The van der Waals surface area contributed by atoms with Crippen LogP contribution in [-0.4, -0.2) is 41.9 Å². The highest BCUT2D eigenvalue weighted by atomic mass is 35.5. The second-order valence-corrected chi connectivity index (χ2v) is 8.80. The van der Waals surface area contributed by atoms with Crippen LogP contribution in [0.1, 0.15) is 41.6 Å². The molecule has 11 heteroatoms. The van der Waals surface area contributed by atoms with Crippen LogP contribution in [0.5, 0.6) is 11.5 Å². The number of Topliss-reactive ketones (excluding diaryl/α,β-unsaturated/α-hetero) is 1. The third-order valence-corrected chi connectivity index (χ3v) is 5.96. The van der Waals surface area contributed by atoms with Crippen molar-refractivity contribution in [2.75, 3.05) is 13.2 Å². The van der Waals surface area contributed by atoms with Crippen LogP contribution >= 0.6 is 34.8 Å². The summed E-state index contributed by atoms with van der Waals surface area (Å²) in [5, 5.41) is 11.7. The largest absolute Gasteiger partial charge is 0.508 e. The number of nitrogens with one attached hydrogen (secondary N) is 1. The van der Waals surface area contributed by atoms with Gasteiger partial charge >= 0.3 is 0 Å². The molecule has 2 amide bonds. The van der Waals surface area contributed by atoms with Crippen LogP contribution in [0.4, 0.5) is 0 Å². The molecule has 0 spiro atoms. The minimum absolute atomic E-state index is 0.0463. The molecule has 0 fully saturated rings. The summed E-state index contributed by atoms with van der Waals surface area (Å²) in [7, 11) is 0. The maximum Gasteiger partial charge on any atom is 0.257 e. The fraction of sp³-hybridized carbons (Fsp3) is 0.348. The molecule has 34 heavy (non-hydrogen) atoms. The Balaban J connectivity index is 1.83. The number of nitrogens with two attached hydrogens (primary N) is 2. The van der Waals surface area contributed by atoms with Crippen LogP contribution in [0.3, 0.4) is 0 Å². The number of primary amides is 1. The van der Waals surface area contributed by atoms with Crippen LogP contribution in [0.25, 0.3) is 0 Å². The molecule has 1 atom stereocenters. The van der Waals surface area contributed by atoms with Gasteiger partial charge in [0.2, 0.25) is 5.91 Å². The number of hydrogen-bond donors (Lipinski definition) is 4. The molecule has 0 bridgehead atoms. The Morgan fingerprint density at radius 2 is 1.71 bits per heavy atom. The van der Waals surface area contributed by atoms with Crippen molar-refractivity contribution in [3.8, 4) is 11.5 Å². The van der Waals surface area contributed by atoms with Gasteiger partial charge in [0, 0.05) is 6.42 Å². The minimum Gasteiger partial charge on any atom is -0.508 e. The lowest BCUT2D eigenvalue weighted by Crippen LogP contribution is -2.33. The molecule has 184 valence electrons. The number of benzene rings is 2. The Hall–Kier alpha value is -2.52. The van der Waals surface area contributed by atoms with Crippen LogP contribution in [0, 0.1) is 0 Å². The molecule has 6 N–H and O–H groups in total. The Morgan fingerprint density at radius 3 is 2.35 bits per heavy atom. The van der Waals surface area contributed by atoms with Gasteiger partial charge in [-0.15, -0.1) is 0 Å². The van der Waals surface area contributed by atoms with Gasteiger partial charge in [0.1, 0.15) is 17.1 Å². The summed E-state index contributed by atoms with van der Waals surface area (Å²) in [6.07, 6.45) is 2.61. The maximum absolute atomic E-state index is 12.5. The molecule has 2 rings (SSSR count). The molecule has 0 saturated heterocycles. The van der Waals surface area contributed by atoms with E-state index in [1.54, 1.807) is 24.3 Å². The highest BCUT2D eigenvalue weighted by Crippen LogP contribution is 2.39. The molecular weight excluding hydrogens is 505 g/mol. The van der Waals surface area contributed by atoms with Crippen LogP contribution in [0.15, 0.2) is 30.3 Å². The number of aromatic hydroxyl groups is 1. The molecule has 8 nitrogen and oxygen atoms in total. The van der Waals surface area contributed by atoms with E-state index in [4.69, 9.17) is 51.0 Å². The van der Waals surface area contributed by atoms with Gasteiger partial charge in [-0.2, -0.15) is 0 Å². The van der Waals surface area contributed by atoms with Gasteiger partial charge in [0.15, 0.2) is 5.75 Å².